The summed E-state index contributed by atoms with van der Waals surface area (Å²) in [5, 5.41) is 4.17. The Morgan fingerprint density at radius 3 is 2.64 bits per heavy atom. The molecular formula is C23H24FN7O2. The monoisotopic (exact) mass is 449 g/mol. The first-order chi connectivity index (χ1) is 16.0. The van der Waals surface area contributed by atoms with E-state index in [1.165, 1.54) is 10.9 Å². The highest BCUT2D eigenvalue weighted by Crippen LogP contribution is 2.57. The van der Waals surface area contributed by atoms with Crippen LogP contribution in [0.3, 0.4) is 0 Å². The Kier molecular flexibility index (Phi) is 4.65. The Balaban J connectivity index is 1.08. The Morgan fingerprint density at radius 1 is 1.15 bits per heavy atom. The minimum atomic E-state index is -0.984. The van der Waals surface area contributed by atoms with Gasteiger partial charge in [0.05, 0.1) is 6.33 Å². The van der Waals surface area contributed by atoms with Gasteiger partial charge in [-0.2, -0.15) is 4.98 Å². The molecule has 0 radical (unpaired) electrons. The summed E-state index contributed by atoms with van der Waals surface area (Å²) in [6.45, 7) is 4.25. The fraction of sp³-hybridized carbons (Fsp3) is 0.435. The number of likely N-dealkylation sites (tertiary alicyclic amines) is 1. The Morgan fingerprint density at radius 2 is 1.88 bits per heavy atom. The third kappa shape index (κ3) is 3.54. The van der Waals surface area contributed by atoms with Crippen LogP contribution < -0.4 is 5.56 Å². The van der Waals surface area contributed by atoms with Gasteiger partial charge in [-0.3, -0.25) is 14.3 Å². The van der Waals surface area contributed by atoms with Gasteiger partial charge in [-0.05, 0) is 24.3 Å². The standard InChI is InChI=1S/C23H24FN7O2/c1-13-3-5-14(6-4-13)17(24)9-30-7-15-16(8-30)19(15)21-27-18(33-28-21)10-31-12-26-22-20(23(31)32)29(2)11-25-22/h3-6,11-12,15-17,19H,7-10H2,1-2H3. The van der Waals surface area contributed by atoms with E-state index < -0.39 is 6.17 Å². The molecule has 10 heteroatoms. The molecule has 170 valence electrons. The largest absolute Gasteiger partial charge is 0.337 e. The lowest BCUT2D eigenvalue weighted by Crippen LogP contribution is -2.28. The Hall–Kier alpha value is -3.40. The molecule has 3 atom stereocenters. The van der Waals surface area contributed by atoms with E-state index in [0.717, 1.165) is 24.2 Å². The average Bonchev–Trinajstić information content (AvgIpc) is 3.19. The molecule has 2 aliphatic rings. The van der Waals surface area contributed by atoms with E-state index in [-0.39, 0.29) is 18.0 Å². The maximum atomic E-state index is 14.7. The molecule has 6 rings (SSSR count). The number of aryl methyl sites for hydroxylation is 2. The number of imidazole rings is 1. The molecule has 9 nitrogen and oxygen atoms in total. The van der Waals surface area contributed by atoms with Crippen LogP contribution >= 0.6 is 0 Å². The smallest absolute Gasteiger partial charge is 0.280 e. The van der Waals surface area contributed by atoms with Crippen LogP contribution in [0.5, 0.6) is 0 Å². The van der Waals surface area contributed by atoms with Crippen LogP contribution in [0.1, 0.15) is 34.9 Å². The van der Waals surface area contributed by atoms with Crippen molar-refractivity contribution in [1.29, 1.82) is 0 Å². The third-order valence-electron chi connectivity index (χ3n) is 6.92. The number of fused-ring (bicyclic) bond motifs is 2. The zero-order valence-electron chi connectivity index (χ0n) is 18.4. The molecule has 0 N–H and O–H groups in total. The van der Waals surface area contributed by atoms with Crippen LogP contribution in [0.25, 0.3) is 11.2 Å². The van der Waals surface area contributed by atoms with Gasteiger partial charge >= 0.3 is 0 Å². The van der Waals surface area contributed by atoms with Gasteiger partial charge in [0, 0.05) is 32.6 Å². The number of halogens is 1. The lowest BCUT2D eigenvalue weighted by Gasteiger charge is -2.21. The first-order valence-electron chi connectivity index (χ1n) is 11.1. The first kappa shape index (κ1) is 20.2. The molecule has 4 heterocycles. The number of benzene rings is 1. The highest BCUT2D eigenvalue weighted by molar-refractivity contribution is 5.68. The van der Waals surface area contributed by atoms with Gasteiger partial charge in [0.25, 0.3) is 5.56 Å². The van der Waals surface area contributed by atoms with Crippen LogP contribution in [0.15, 0.2) is 46.2 Å². The topological polar surface area (TPSA) is 94.9 Å². The first-order valence-corrected chi connectivity index (χ1v) is 11.1. The van der Waals surface area contributed by atoms with E-state index in [2.05, 4.69) is 25.0 Å². The fourth-order valence-electron chi connectivity index (χ4n) is 5.05. The summed E-state index contributed by atoms with van der Waals surface area (Å²) in [7, 11) is 1.76. The third-order valence-corrected chi connectivity index (χ3v) is 6.92. The molecule has 2 fully saturated rings. The van der Waals surface area contributed by atoms with Crippen molar-refractivity contribution in [3.63, 3.8) is 0 Å². The van der Waals surface area contributed by atoms with Gasteiger partial charge < -0.3 is 9.09 Å². The second kappa shape index (κ2) is 7.58. The number of nitrogens with zero attached hydrogens (tertiary/aromatic N) is 7. The molecule has 1 saturated carbocycles. The highest BCUT2D eigenvalue weighted by Gasteiger charge is 2.58. The summed E-state index contributed by atoms with van der Waals surface area (Å²) in [5.41, 5.74) is 2.51. The number of aromatic nitrogens is 6. The van der Waals surface area contributed by atoms with Crippen molar-refractivity contribution in [2.45, 2.75) is 25.6 Å². The average molecular weight is 449 g/mol. The summed E-state index contributed by atoms with van der Waals surface area (Å²) in [4.78, 5) is 27.8. The van der Waals surface area contributed by atoms with Crippen LogP contribution in [0, 0.1) is 18.8 Å². The summed E-state index contributed by atoms with van der Waals surface area (Å²) in [6.07, 6.45) is 2.03. The minimum absolute atomic E-state index is 0.161. The van der Waals surface area contributed by atoms with Gasteiger partial charge in [0.1, 0.15) is 19.0 Å². The van der Waals surface area contributed by atoms with Gasteiger partial charge in [-0.15, -0.1) is 0 Å². The molecule has 1 aliphatic carbocycles. The SMILES string of the molecule is Cc1ccc(C(F)CN2CC3C(C2)C3c2noc(Cn3cnc4ncn(C)c4c3=O)n2)cc1. The van der Waals surface area contributed by atoms with Crippen molar-refractivity contribution < 1.29 is 8.91 Å². The van der Waals surface area contributed by atoms with E-state index in [9.17, 15) is 9.18 Å². The number of hydrogen-bond acceptors (Lipinski definition) is 7. The highest BCUT2D eigenvalue weighted by atomic mass is 19.1. The van der Waals surface area contributed by atoms with Gasteiger partial charge in [-0.1, -0.05) is 35.0 Å². The van der Waals surface area contributed by atoms with E-state index in [1.807, 2.05) is 31.2 Å². The molecular weight excluding hydrogens is 425 g/mol. The summed E-state index contributed by atoms with van der Waals surface area (Å²) < 4.78 is 23.2. The molecule has 0 amide bonds. The maximum Gasteiger partial charge on any atom is 0.280 e. The second-order valence-corrected chi connectivity index (χ2v) is 9.20. The molecule has 33 heavy (non-hydrogen) atoms. The molecule has 0 spiro atoms. The molecule has 1 saturated heterocycles. The molecule has 4 aromatic rings. The predicted octanol–water partition coefficient (Wildman–Crippen LogP) is 2.23. The number of piperidine rings is 1. The van der Waals surface area contributed by atoms with Gasteiger partial charge in [0.15, 0.2) is 17.0 Å². The van der Waals surface area contributed by atoms with E-state index in [4.69, 9.17) is 4.52 Å². The predicted molar refractivity (Wildman–Crippen MR) is 117 cm³/mol. The zero-order chi connectivity index (χ0) is 22.7. The molecule has 1 aliphatic heterocycles. The van der Waals surface area contributed by atoms with E-state index in [1.54, 1.807) is 17.9 Å². The summed E-state index contributed by atoms with van der Waals surface area (Å²) >= 11 is 0. The number of rotatable bonds is 6. The van der Waals surface area contributed by atoms with Crippen molar-refractivity contribution in [2.24, 2.45) is 18.9 Å². The van der Waals surface area contributed by atoms with Crippen LogP contribution in [0.4, 0.5) is 4.39 Å². The molecule has 0 bridgehead atoms. The van der Waals surface area contributed by atoms with Crippen molar-refractivity contribution in [3.05, 3.63) is 70.1 Å². The van der Waals surface area contributed by atoms with Crippen molar-refractivity contribution >= 4 is 11.2 Å². The zero-order valence-corrected chi connectivity index (χ0v) is 18.4. The van der Waals surface area contributed by atoms with Crippen LogP contribution in [-0.2, 0) is 13.6 Å². The molecule has 3 unspecified atom stereocenters. The Bertz CT molecular complexity index is 1360. The van der Waals surface area contributed by atoms with Crippen LogP contribution in [0.2, 0.25) is 0 Å². The van der Waals surface area contributed by atoms with E-state index >= 15 is 0 Å². The summed E-state index contributed by atoms with van der Waals surface area (Å²) in [5.74, 6) is 2.15. The lowest BCUT2D eigenvalue weighted by molar-refractivity contribution is 0.204. The normalized spacial score (nSPS) is 23.2. The second-order valence-electron chi connectivity index (χ2n) is 9.20. The minimum Gasteiger partial charge on any atom is -0.337 e. The number of alkyl halides is 1. The van der Waals surface area contributed by atoms with Gasteiger partial charge in [0.2, 0.25) is 5.89 Å². The Labute approximate surface area is 188 Å². The molecule has 1 aromatic carbocycles. The maximum absolute atomic E-state index is 14.7. The quantitative estimate of drug-likeness (QED) is 0.445. The van der Waals surface area contributed by atoms with Crippen LogP contribution in [-0.4, -0.2) is 53.8 Å². The van der Waals surface area contributed by atoms with Crippen molar-refractivity contribution in [3.8, 4) is 0 Å². The molecule has 3 aromatic heterocycles. The van der Waals surface area contributed by atoms with E-state index in [0.29, 0.717) is 41.3 Å². The fourth-order valence-corrected chi connectivity index (χ4v) is 5.05. The number of hydrogen-bond donors (Lipinski definition) is 0. The summed E-state index contributed by atoms with van der Waals surface area (Å²) in [6, 6.07) is 7.64. The van der Waals surface area contributed by atoms with Crippen molar-refractivity contribution in [2.75, 3.05) is 19.6 Å². The van der Waals surface area contributed by atoms with Gasteiger partial charge in [-0.25, -0.2) is 14.4 Å². The van der Waals surface area contributed by atoms with Crippen molar-refractivity contribution in [1.82, 2.24) is 34.1 Å². The lowest BCUT2D eigenvalue weighted by atomic mass is 10.1.